The first kappa shape index (κ1) is 27.9. The highest BCUT2D eigenvalue weighted by atomic mass is 16.6. The van der Waals surface area contributed by atoms with Crippen LogP contribution in [0.2, 0.25) is 0 Å². The Bertz CT molecular complexity index is 1010. The van der Waals surface area contributed by atoms with Gasteiger partial charge >= 0.3 is 6.09 Å². The highest BCUT2D eigenvalue weighted by Gasteiger charge is 2.32. The summed E-state index contributed by atoms with van der Waals surface area (Å²) < 4.78 is 5.26. The second-order valence-electron chi connectivity index (χ2n) is 9.87. The van der Waals surface area contributed by atoms with Crippen LogP contribution >= 0.6 is 0 Å². The lowest BCUT2D eigenvalue weighted by Gasteiger charge is -2.32. The fourth-order valence-electron chi connectivity index (χ4n) is 3.71. The predicted molar refractivity (Wildman–Crippen MR) is 139 cm³/mol. The van der Waals surface area contributed by atoms with E-state index in [1.54, 1.807) is 25.7 Å². The van der Waals surface area contributed by atoms with Crippen molar-refractivity contribution in [2.24, 2.45) is 0 Å². The Morgan fingerprint density at radius 3 is 2.11 bits per heavy atom. The number of para-hydroxylation sites is 1. The highest BCUT2D eigenvalue weighted by molar-refractivity contribution is 5.99. The van der Waals surface area contributed by atoms with Crippen molar-refractivity contribution in [3.8, 4) is 0 Å². The molecule has 2 N–H and O–H groups in total. The summed E-state index contributed by atoms with van der Waals surface area (Å²) in [6.45, 7) is 13.3. The molecule has 0 aromatic heterocycles. The molecule has 2 rings (SSSR count). The number of hydrogen-bond donors (Lipinski definition) is 2. The van der Waals surface area contributed by atoms with Crippen LogP contribution in [0.25, 0.3) is 0 Å². The molecule has 0 aliphatic rings. The van der Waals surface area contributed by atoms with E-state index in [1.165, 1.54) is 0 Å². The lowest BCUT2D eigenvalue weighted by Crippen LogP contribution is -2.47. The molecule has 0 fully saturated rings. The summed E-state index contributed by atoms with van der Waals surface area (Å²) in [5.74, 6) is -0.653. The summed E-state index contributed by atoms with van der Waals surface area (Å²) in [4.78, 5) is 40.8. The van der Waals surface area contributed by atoms with Gasteiger partial charge in [0.15, 0.2) is 0 Å². The average molecular weight is 482 g/mol. The second-order valence-corrected chi connectivity index (χ2v) is 9.87. The maximum Gasteiger partial charge on any atom is 0.408 e. The smallest absolute Gasteiger partial charge is 0.408 e. The van der Waals surface area contributed by atoms with Gasteiger partial charge < -0.3 is 20.3 Å². The molecule has 3 amide bonds. The number of ether oxygens (including phenoxy) is 1. The van der Waals surface area contributed by atoms with Crippen LogP contribution in [0.15, 0.2) is 42.5 Å². The molecule has 0 heterocycles. The number of carbonyl (C=O) groups is 3. The van der Waals surface area contributed by atoms with E-state index in [0.717, 1.165) is 35.2 Å². The molecule has 35 heavy (non-hydrogen) atoms. The SMILES string of the molecule is CCCCN(C(=O)CNC(=O)OC(C)(C)C)C(C(=O)Nc1c(C)cccc1C)c1ccc(C)cc1. The lowest BCUT2D eigenvalue weighted by atomic mass is 10.0. The zero-order valence-electron chi connectivity index (χ0n) is 22.0. The normalized spacial score (nSPS) is 12.0. The van der Waals surface area contributed by atoms with Crippen molar-refractivity contribution in [2.75, 3.05) is 18.4 Å². The van der Waals surface area contributed by atoms with Crippen molar-refractivity contribution in [3.05, 3.63) is 64.7 Å². The minimum atomic E-state index is -0.853. The average Bonchev–Trinajstić information content (AvgIpc) is 2.77. The van der Waals surface area contributed by atoms with Gasteiger partial charge in [0, 0.05) is 12.2 Å². The van der Waals surface area contributed by atoms with E-state index in [9.17, 15) is 14.4 Å². The zero-order valence-corrected chi connectivity index (χ0v) is 22.0. The third kappa shape index (κ3) is 8.42. The predicted octanol–water partition coefficient (Wildman–Crippen LogP) is 5.45. The van der Waals surface area contributed by atoms with Crippen molar-refractivity contribution >= 4 is 23.6 Å². The van der Waals surface area contributed by atoms with Gasteiger partial charge in [-0.3, -0.25) is 9.59 Å². The number of aryl methyl sites for hydroxylation is 3. The number of amides is 3. The Labute approximate surface area is 209 Å². The molecule has 7 nitrogen and oxygen atoms in total. The van der Waals surface area contributed by atoms with Gasteiger partial charge in [0.25, 0.3) is 5.91 Å². The fourth-order valence-corrected chi connectivity index (χ4v) is 3.71. The van der Waals surface area contributed by atoms with Crippen molar-refractivity contribution in [3.63, 3.8) is 0 Å². The minimum absolute atomic E-state index is 0.266. The summed E-state index contributed by atoms with van der Waals surface area (Å²) in [5.41, 5.74) is 3.72. The molecule has 1 atom stereocenters. The van der Waals surface area contributed by atoms with E-state index in [1.807, 2.05) is 70.2 Å². The van der Waals surface area contributed by atoms with Crippen molar-refractivity contribution < 1.29 is 19.1 Å². The monoisotopic (exact) mass is 481 g/mol. The van der Waals surface area contributed by atoms with Gasteiger partial charge in [-0.2, -0.15) is 0 Å². The van der Waals surface area contributed by atoms with E-state index < -0.39 is 17.7 Å². The van der Waals surface area contributed by atoms with Gasteiger partial charge in [0.2, 0.25) is 5.91 Å². The molecule has 2 aromatic carbocycles. The van der Waals surface area contributed by atoms with E-state index >= 15 is 0 Å². The third-order valence-electron chi connectivity index (χ3n) is 5.54. The topological polar surface area (TPSA) is 87.7 Å². The molecule has 0 spiro atoms. The second kappa shape index (κ2) is 12.4. The number of carbonyl (C=O) groups excluding carboxylic acids is 3. The van der Waals surface area contributed by atoms with Gasteiger partial charge in [-0.1, -0.05) is 61.4 Å². The van der Waals surface area contributed by atoms with E-state index in [2.05, 4.69) is 10.6 Å². The van der Waals surface area contributed by atoms with Crippen molar-refractivity contribution in [1.29, 1.82) is 0 Å². The number of benzene rings is 2. The number of rotatable bonds is 9. The first-order chi connectivity index (χ1) is 16.4. The van der Waals surface area contributed by atoms with Crippen LogP contribution in [0.4, 0.5) is 10.5 Å². The third-order valence-corrected chi connectivity index (χ3v) is 5.54. The van der Waals surface area contributed by atoms with Crippen molar-refractivity contribution in [2.45, 2.75) is 73.0 Å². The van der Waals surface area contributed by atoms with Crippen LogP contribution in [0.3, 0.4) is 0 Å². The van der Waals surface area contributed by atoms with Crippen LogP contribution < -0.4 is 10.6 Å². The van der Waals surface area contributed by atoms with E-state index in [4.69, 9.17) is 4.74 Å². The summed E-state index contributed by atoms with van der Waals surface area (Å²) in [6, 6.07) is 12.6. The first-order valence-corrected chi connectivity index (χ1v) is 12.1. The Kier molecular flexibility index (Phi) is 9.87. The molecule has 1 unspecified atom stereocenters. The van der Waals surface area contributed by atoms with Crippen molar-refractivity contribution in [1.82, 2.24) is 10.2 Å². The maximum atomic E-state index is 13.7. The van der Waals surface area contributed by atoms with Gasteiger partial charge in [0.05, 0.1) is 0 Å². The highest BCUT2D eigenvalue weighted by Crippen LogP contribution is 2.27. The number of alkyl carbamates (subject to hydrolysis) is 1. The van der Waals surface area contributed by atoms with E-state index in [0.29, 0.717) is 12.1 Å². The quantitative estimate of drug-likeness (QED) is 0.499. The lowest BCUT2D eigenvalue weighted by molar-refractivity contribution is -0.138. The molecule has 0 radical (unpaired) electrons. The molecule has 0 aliphatic heterocycles. The fraction of sp³-hybridized carbons (Fsp3) is 0.464. The summed E-state index contributed by atoms with van der Waals surface area (Å²) in [6.07, 6.45) is 0.896. The molecule has 7 heteroatoms. The van der Waals surface area contributed by atoms with Crippen LogP contribution in [-0.2, 0) is 14.3 Å². The van der Waals surface area contributed by atoms with Gasteiger partial charge in [0.1, 0.15) is 18.2 Å². The van der Waals surface area contributed by atoms with E-state index in [-0.39, 0.29) is 18.4 Å². The Balaban J connectivity index is 2.38. The Morgan fingerprint density at radius 2 is 1.57 bits per heavy atom. The van der Waals surface area contributed by atoms with Crippen LogP contribution in [-0.4, -0.2) is 41.5 Å². The molecule has 0 bridgehead atoms. The first-order valence-electron chi connectivity index (χ1n) is 12.1. The molecule has 0 saturated heterocycles. The summed E-state index contributed by atoms with van der Waals surface area (Å²) >= 11 is 0. The number of nitrogens with zero attached hydrogens (tertiary/aromatic N) is 1. The minimum Gasteiger partial charge on any atom is -0.444 e. The molecule has 0 saturated carbocycles. The molecule has 2 aromatic rings. The molecule has 0 aliphatic carbocycles. The largest absolute Gasteiger partial charge is 0.444 e. The van der Waals surface area contributed by atoms with Gasteiger partial charge in [-0.15, -0.1) is 0 Å². The molecular weight excluding hydrogens is 442 g/mol. The Morgan fingerprint density at radius 1 is 0.971 bits per heavy atom. The summed E-state index contributed by atoms with van der Waals surface area (Å²) in [5, 5.41) is 5.59. The number of hydrogen-bond acceptors (Lipinski definition) is 4. The number of anilines is 1. The van der Waals surface area contributed by atoms with Gasteiger partial charge in [-0.05, 0) is 64.7 Å². The van der Waals surface area contributed by atoms with Crippen LogP contribution in [0, 0.1) is 20.8 Å². The zero-order chi connectivity index (χ0) is 26.2. The van der Waals surface area contributed by atoms with Crippen LogP contribution in [0.5, 0.6) is 0 Å². The molecule has 190 valence electrons. The maximum absolute atomic E-state index is 13.7. The van der Waals surface area contributed by atoms with Crippen LogP contribution in [0.1, 0.15) is 68.8 Å². The number of nitrogens with one attached hydrogen (secondary N) is 2. The Hall–Kier alpha value is -3.35. The van der Waals surface area contributed by atoms with Gasteiger partial charge in [-0.25, -0.2) is 4.79 Å². The molecular formula is C28H39N3O4. The summed E-state index contributed by atoms with van der Waals surface area (Å²) in [7, 11) is 0. The standard InChI is InChI=1S/C28H39N3O4/c1-8-9-17-31(23(32)18-29-27(34)35-28(5,6)7)25(22-15-13-19(2)14-16-22)26(33)30-24-20(3)11-10-12-21(24)4/h10-16,25H,8-9,17-18H2,1-7H3,(H,29,34)(H,30,33). The number of unbranched alkanes of at least 4 members (excludes halogenated alkanes) is 1.